The predicted molar refractivity (Wildman–Crippen MR) is 64.0 cm³/mol. The molecule has 0 aromatic carbocycles. The molecule has 1 unspecified atom stereocenters. The van der Waals surface area contributed by atoms with Crippen molar-refractivity contribution in [2.24, 2.45) is 0 Å². The molecule has 0 aliphatic carbocycles. The van der Waals surface area contributed by atoms with Crippen molar-refractivity contribution in [2.45, 2.75) is 37.0 Å². The molecule has 0 bridgehead atoms. The van der Waals surface area contributed by atoms with Crippen molar-refractivity contribution in [2.75, 3.05) is 32.4 Å². The summed E-state index contributed by atoms with van der Waals surface area (Å²) in [6.07, 6.45) is 5.55. The lowest BCUT2D eigenvalue weighted by Gasteiger charge is -2.30. The van der Waals surface area contributed by atoms with Crippen LogP contribution in [0.25, 0.3) is 0 Å². The molecule has 3 heteroatoms. The summed E-state index contributed by atoms with van der Waals surface area (Å²) in [7, 11) is 2.23. The van der Waals surface area contributed by atoms with E-state index in [1.54, 1.807) is 0 Å². The average Bonchev–Trinajstić information content (AvgIpc) is 2.70. The van der Waals surface area contributed by atoms with Crippen molar-refractivity contribution >= 4 is 11.8 Å². The summed E-state index contributed by atoms with van der Waals surface area (Å²) >= 11 is 2.16. The standard InChI is InChI=1S/C11H22N2S/c1-13-6-4-10(5-7-13)12-9-11-3-2-8-14-11/h10-12H,2-9H2,1H3. The first kappa shape index (κ1) is 10.8. The molecule has 2 aliphatic heterocycles. The van der Waals surface area contributed by atoms with Crippen LogP contribution in [-0.2, 0) is 0 Å². The van der Waals surface area contributed by atoms with E-state index in [9.17, 15) is 0 Å². The van der Waals surface area contributed by atoms with Gasteiger partial charge in [-0.1, -0.05) is 0 Å². The zero-order chi connectivity index (χ0) is 9.80. The second kappa shape index (κ2) is 5.38. The molecule has 82 valence electrons. The molecule has 1 N–H and O–H groups in total. The Balaban J connectivity index is 1.60. The molecule has 0 saturated carbocycles. The van der Waals surface area contributed by atoms with Crippen molar-refractivity contribution in [1.29, 1.82) is 0 Å². The number of hydrogen-bond donors (Lipinski definition) is 1. The number of thioether (sulfide) groups is 1. The largest absolute Gasteiger partial charge is 0.313 e. The summed E-state index contributed by atoms with van der Waals surface area (Å²) in [4.78, 5) is 2.43. The second-order valence-corrected chi connectivity index (χ2v) is 6.03. The molecule has 2 aliphatic rings. The van der Waals surface area contributed by atoms with Crippen LogP contribution in [0, 0.1) is 0 Å². The van der Waals surface area contributed by atoms with Gasteiger partial charge in [0.1, 0.15) is 0 Å². The zero-order valence-corrected chi connectivity index (χ0v) is 9.98. The molecule has 0 aromatic heterocycles. The van der Waals surface area contributed by atoms with Crippen LogP contribution < -0.4 is 5.32 Å². The minimum Gasteiger partial charge on any atom is -0.313 e. The molecule has 0 amide bonds. The number of rotatable bonds is 3. The van der Waals surface area contributed by atoms with Gasteiger partial charge < -0.3 is 10.2 Å². The van der Waals surface area contributed by atoms with Gasteiger partial charge in [-0.25, -0.2) is 0 Å². The molecular weight excluding hydrogens is 192 g/mol. The molecule has 14 heavy (non-hydrogen) atoms. The maximum Gasteiger partial charge on any atom is 0.0172 e. The van der Waals surface area contributed by atoms with Crippen LogP contribution in [0.3, 0.4) is 0 Å². The van der Waals surface area contributed by atoms with E-state index in [1.807, 2.05) is 0 Å². The smallest absolute Gasteiger partial charge is 0.0172 e. The predicted octanol–water partition coefficient (Wildman–Crippen LogP) is 1.57. The van der Waals surface area contributed by atoms with Crippen molar-refractivity contribution in [1.82, 2.24) is 10.2 Å². The Labute approximate surface area is 91.8 Å². The first-order valence-electron chi connectivity index (χ1n) is 5.88. The molecule has 2 heterocycles. The Morgan fingerprint density at radius 2 is 2.07 bits per heavy atom. The highest BCUT2D eigenvalue weighted by molar-refractivity contribution is 8.00. The van der Waals surface area contributed by atoms with E-state index in [0.717, 1.165) is 11.3 Å². The summed E-state index contributed by atoms with van der Waals surface area (Å²) in [6, 6.07) is 0.799. The van der Waals surface area contributed by atoms with Crippen LogP contribution in [0.4, 0.5) is 0 Å². The van der Waals surface area contributed by atoms with Crippen molar-refractivity contribution < 1.29 is 0 Å². The minimum absolute atomic E-state index is 0.799. The van der Waals surface area contributed by atoms with E-state index in [0.29, 0.717) is 0 Å². The Hall–Kier alpha value is 0.270. The lowest BCUT2D eigenvalue weighted by atomic mass is 10.1. The highest BCUT2D eigenvalue weighted by Gasteiger charge is 2.19. The lowest BCUT2D eigenvalue weighted by molar-refractivity contribution is 0.235. The summed E-state index contributed by atoms with van der Waals surface area (Å²) < 4.78 is 0. The second-order valence-electron chi connectivity index (χ2n) is 4.62. The third-order valence-electron chi connectivity index (χ3n) is 3.38. The average molecular weight is 214 g/mol. The van der Waals surface area contributed by atoms with Crippen LogP contribution in [0.2, 0.25) is 0 Å². The molecular formula is C11H22N2S. The molecule has 0 spiro atoms. The van der Waals surface area contributed by atoms with Gasteiger partial charge >= 0.3 is 0 Å². The van der Waals surface area contributed by atoms with Gasteiger partial charge in [-0.15, -0.1) is 0 Å². The number of piperidine rings is 1. The summed E-state index contributed by atoms with van der Waals surface area (Å²) in [5, 5.41) is 4.65. The van der Waals surface area contributed by atoms with E-state index in [-0.39, 0.29) is 0 Å². The first-order valence-corrected chi connectivity index (χ1v) is 6.93. The summed E-state index contributed by atoms with van der Waals surface area (Å²) in [6.45, 7) is 3.80. The van der Waals surface area contributed by atoms with Crippen molar-refractivity contribution in [3.8, 4) is 0 Å². The van der Waals surface area contributed by atoms with Gasteiger partial charge in [-0.2, -0.15) is 11.8 Å². The van der Waals surface area contributed by atoms with E-state index in [1.165, 1.54) is 51.1 Å². The maximum atomic E-state index is 3.74. The van der Waals surface area contributed by atoms with Gasteiger partial charge in [0.25, 0.3) is 0 Å². The monoisotopic (exact) mass is 214 g/mol. The van der Waals surface area contributed by atoms with Crippen molar-refractivity contribution in [3.63, 3.8) is 0 Å². The van der Waals surface area contributed by atoms with Gasteiger partial charge in [-0.3, -0.25) is 0 Å². The Kier molecular flexibility index (Phi) is 4.14. The third-order valence-corrected chi connectivity index (χ3v) is 4.77. The van der Waals surface area contributed by atoms with Crippen LogP contribution in [0.1, 0.15) is 25.7 Å². The molecule has 2 nitrogen and oxygen atoms in total. The Bertz CT molecular complexity index is 161. The molecule has 2 rings (SSSR count). The lowest BCUT2D eigenvalue weighted by Crippen LogP contribution is -2.42. The Morgan fingerprint density at radius 3 is 2.71 bits per heavy atom. The van der Waals surface area contributed by atoms with Crippen molar-refractivity contribution in [3.05, 3.63) is 0 Å². The minimum atomic E-state index is 0.799. The molecule has 2 fully saturated rings. The summed E-state index contributed by atoms with van der Waals surface area (Å²) in [5.41, 5.74) is 0. The van der Waals surface area contributed by atoms with E-state index < -0.39 is 0 Å². The van der Waals surface area contributed by atoms with Gasteiger partial charge in [0.2, 0.25) is 0 Å². The number of hydrogen-bond acceptors (Lipinski definition) is 3. The normalized spacial score (nSPS) is 31.1. The fourth-order valence-electron chi connectivity index (χ4n) is 2.32. The molecule has 0 aromatic rings. The molecule has 2 saturated heterocycles. The molecule has 0 radical (unpaired) electrons. The summed E-state index contributed by atoms with van der Waals surface area (Å²) in [5.74, 6) is 1.39. The topological polar surface area (TPSA) is 15.3 Å². The van der Waals surface area contributed by atoms with Crippen LogP contribution >= 0.6 is 11.8 Å². The highest BCUT2D eigenvalue weighted by atomic mass is 32.2. The number of nitrogens with zero attached hydrogens (tertiary/aromatic N) is 1. The van der Waals surface area contributed by atoms with Crippen LogP contribution in [-0.4, -0.2) is 48.6 Å². The van der Waals surface area contributed by atoms with Gasteiger partial charge in [0, 0.05) is 17.8 Å². The maximum absolute atomic E-state index is 3.74. The Morgan fingerprint density at radius 1 is 1.29 bits per heavy atom. The van der Waals surface area contributed by atoms with Crippen LogP contribution in [0.15, 0.2) is 0 Å². The quantitative estimate of drug-likeness (QED) is 0.768. The zero-order valence-electron chi connectivity index (χ0n) is 9.17. The number of likely N-dealkylation sites (tertiary alicyclic amines) is 1. The van der Waals surface area contributed by atoms with Gasteiger partial charge in [-0.05, 0) is 51.6 Å². The SMILES string of the molecule is CN1CCC(NCC2CCCS2)CC1. The fourth-order valence-corrected chi connectivity index (χ4v) is 3.53. The number of nitrogens with one attached hydrogen (secondary N) is 1. The highest BCUT2D eigenvalue weighted by Crippen LogP contribution is 2.25. The van der Waals surface area contributed by atoms with Gasteiger partial charge in [0.15, 0.2) is 0 Å². The first-order chi connectivity index (χ1) is 6.84. The van der Waals surface area contributed by atoms with E-state index in [2.05, 4.69) is 29.0 Å². The molecule has 1 atom stereocenters. The van der Waals surface area contributed by atoms with E-state index in [4.69, 9.17) is 0 Å². The van der Waals surface area contributed by atoms with Gasteiger partial charge in [0.05, 0.1) is 0 Å². The third kappa shape index (κ3) is 3.14. The fraction of sp³-hybridized carbons (Fsp3) is 1.00. The van der Waals surface area contributed by atoms with Crippen LogP contribution in [0.5, 0.6) is 0 Å². The van der Waals surface area contributed by atoms with E-state index >= 15 is 0 Å².